The molecule has 0 spiro atoms. The number of hydrogen-bond acceptors (Lipinski definition) is 4. The van der Waals surface area contributed by atoms with Crippen molar-refractivity contribution < 1.29 is 14.6 Å². The zero-order valence-electron chi connectivity index (χ0n) is 11.4. The molecule has 19 heavy (non-hydrogen) atoms. The van der Waals surface area contributed by atoms with Crippen molar-refractivity contribution in [1.29, 1.82) is 0 Å². The third-order valence-electron chi connectivity index (χ3n) is 3.64. The SMILES string of the molecule is COc1cc(CN2CCC[C@@H]2CO)c(OC)cc1Br. The Kier molecular flexibility index (Phi) is 5.07. The Labute approximate surface area is 122 Å². The molecule has 2 rings (SSSR count). The van der Waals surface area contributed by atoms with Gasteiger partial charge in [0.05, 0.1) is 25.3 Å². The first-order valence-electron chi connectivity index (χ1n) is 6.45. The Balaban J connectivity index is 2.23. The molecule has 0 amide bonds. The van der Waals surface area contributed by atoms with Crippen LogP contribution < -0.4 is 9.47 Å². The fourth-order valence-electron chi connectivity index (χ4n) is 2.58. The highest BCUT2D eigenvalue weighted by Crippen LogP contribution is 2.34. The summed E-state index contributed by atoms with van der Waals surface area (Å²) in [7, 11) is 3.33. The number of benzene rings is 1. The van der Waals surface area contributed by atoms with Crippen LogP contribution in [0.2, 0.25) is 0 Å². The van der Waals surface area contributed by atoms with Crippen LogP contribution in [-0.2, 0) is 6.54 Å². The molecule has 0 aliphatic carbocycles. The maximum atomic E-state index is 9.38. The quantitative estimate of drug-likeness (QED) is 0.900. The third-order valence-corrected chi connectivity index (χ3v) is 4.26. The first-order chi connectivity index (χ1) is 9.19. The number of halogens is 1. The predicted octanol–water partition coefficient (Wildman–Crippen LogP) is 2.42. The van der Waals surface area contributed by atoms with Gasteiger partial charge in [0.15, 0.2) is 0 Å². The molecule has 0 bridgehead atoms. The van der Waals surface area contributed by atoms with Gasteiger partial charge in [-0.25, -0.2) is 0 Å². The van der Waals surface area contributed by atoms with Crippen molar-refractivity contribution in [2.75, 3.05) is 27.4 Å². The third kappa shape index (κ3) is 3.22. The maximum absolute atomic E-state index is 9.38. The Hall–Kier alpha value is -0.780. The first-order valence-corrected chi connectivity index (χ1v) is 7.24. The van der Waals surface area contributed by atoms with Gasteiger partial charge in [-0.15, -0.1) is 0 Å². The largest absolute Gasteiger partial charge is 0.496 e. The van der Waals surface area contributed by atoms with E-state index in [1.54, 1.807) is 14.2 Å². The predicted molar refractivity (Wildman–Crippen MR) is 77.8 cm³/mol. The van der Waals surface area contributed by atoms with Gasteiger partial charge in [-0.2, -0.15) is 0 Å². The molecule has 1 aromatic rings. The van der Waals surface area contributed by atoms with Crippen molar-refractivity contribution >= 4 is 15.9 Å². The highest BCUT2D eigenvalue weighted by molar-refractivity contribution is 9.10. The molecule has 1 aromatic carbocycles. The van der Waals surface area contributed by atoms with E-state index in [9.17, 15) is 5.11 Å². The summed E-state index contributed by atoms with van der Waals surface area (Å²) in [4.78, 5) is 2.30. The molecule has 0 radical (unpaired) electrons. The molecule has 106 valence electrons. The van der Waals surface area contributed by atoms with E-state index in [0.29, 0.717) is 0 Å². The van der Waals surface area contributed by atoms with Gasteiger partial charge in [-0.05, 0) is 47.4 Å². The number of aliphatic hydroxyl groups excluding tert-OH is 1. The van der Waals surface area contributed by atoms with Crippen molar-refractivity contribution in [2.45, 2.75) is 25.4 Å². The Morgan fingerprint density at radius 2 is 2.05 bits per heavy atom. The molecule has 4 nitrogen and oxygen atoms in total. The van der Waals surface area contributed by atoms with E-state index in [2.05, 4.69) is 20.8 Å². The van der Waals surface area contributed by atoms with E-state index in [1.165, 1.54) is 0 Å². The Morgan fingerprint density at radius 3 is 2.68 bits per heavy atom. The number of likely N-dealkylation sites (tertiary alicyclic amines) is 1. The standard InChI is InChI=1S/C14H20BrNO3/c1-18-13-7-12(15)14(19-2)6-10(13)8-16-5-3-4-11(16)9-17/h6-7,11,17H,3-5,8-9H2,1-2H3/t11-/m1/s1. The van der Waals surface area contributed by atoms with Crippen LogP contribution in [0.4, 0.5) is 0 Å². The van der Waals surface area contributed by atoms with Crippen molar-refractivity contribution in [2.24, 2.45) is 0 Å². The minimum Gasteiger partial charge on any atom is -0.496 e. The molecule has 1 atom stereocenters. The van der Waals surface area contributed by atoms with E-state index in [4.69, 9.17) is 9.47 Å². The zero-order valence-corrected chi connectivity index (χ0v) is 12.9. The molecule has 5 heteroatoms. The molecule has 0 unspecified atom stereocenters. The number of aliphatic hydroxyl groups is 1. The van der Waals surface area contributed by atoms with Crippen LogP contribution in [0.5, 0.6) is 11.5 Å². The van der Waals surface area contributed by atoms with Crippen molar-refractivity contribution in [3.05, 3.63) is 22.2 Å². The van der Waals surface area contributed by atoms with Gasteiger partial charge in [0.25, 0.3) is 0 Å². The molecule has 1 aliphatic heterocycles. The zero-order chi connectivity index (χ0) is 13.8. The molecule has 1 fully saturated rings. The second-order valence-electron chi connectivity index (χ2n) is 4.75. The van der Waals surface area contributed by atoms with E-state index in [0.717, 1.165) is 47.5 Å². The van der Waals surface area contributed by atoms with Crippen LogP contribution in [-0.4, -0.2) is 43.4 Å². The van der Waals surface area contributed by atoms with E-state index >= 15 is 0 Å². The minimum absolute atomic E-state index is 0.218. The highest BCUT2D eigenvalue weighted by Gasteiger charge is 2.25. The van der Waals surface area contributed by atoms with Crippen LogP contribution in [0.15, 0.2) is 16.6 Å². The van der Waals surface area contributed by atoms with E-state index < -0.39 is 0 Å². The van der Waals surface area contributed by atoms with Crippen LogP contribution in [0.1, 0.15) is 18.4 Å². The number of nitrogens with zero attached hydrogens (tertiary/aromatic N) is 1. The first kappa shape index (κ1) is 14.6. The second-order valence-corrected chi connectivity index (χ2v) is 5.60. The van der Waals surface area contributed by atoms with Crippen molar-refractivity contribution in [3.8, 4) is 11.5 Å². The van der Waals surface area contributed by atoms with Gasteiger partial charge in [0.1, 0.15) is 11.5 Å². The molecule has 1 heterocycles. The van der Waals surface area contributed by atoms with Crippen LogP contribution >= 0.6 is 15.9 Å². The number of ether oxygens (including phenoxy) is 2. The molecule has 1 aliphatic rings. The fraction of sp³-hybridized carbons (Fsp3) is 0.571. The maximum Gasteiger partial charge on any atom is 0.133 e. The van der Waals surface area contributed by atoms with Crippen LogP contribution in [0.25, 0.3) is 0 Å². The van der Waals surface area contributed by atoms with Crippen LogP contribution in [0, 0.1) is 0 Å². The summed E-state index contributed by atoms with van der Waals surface area (Å²) in [6, 6.07) is 4.19. The number of hydrogen-bond donors (Lipinski definition) is 1. The number of methoxy groups -OCH3 is 2. The van der Waals surface area contributed by atoms with Gasteiger partial charge < -0.3 is 14.6 Å². The van der Waals surface area contributed by atoms with Gasteiger partial charge in [-0.1, -0.05) is 0 Å². The van der Waals surface area contributed by atoms with Gasteiger partial charge in [0.2, 0.25) is 0 Å². The Morgan fingerprint density at radius 1 is 1.32 bits per heavy atom. The summed E-state index contributed by atoms with van der Waals surface area (Å²) in [5.74, 6) is 1.65. The monoisotopic (exact) mass is 329 g/mol. The summed E-state index contributed by atoms with van der Waals surface area (Å²) in [5, 5.41) is 9.38. The lowest BCUT2D eigenvalue weighted by Crippen LogP contribution is -2.31. The summed E-state index contributed by atoms with van der Waals surface area (Å²) in [6.45, 7) is 2.01. The molecule has 0 aromatic heterocycles. The molecule has 1 N–H and O–H groups in total. The second kappa shape index (κ2) is 6.59. The van der Waals surface area contributed by atoms with Crippen molar-refractivity contribution in [3.63, 3.8) is 0 Å². The summed E-state index contributed by atoms with van der Waals surface area (Å²) < 4.78 is 11.6. The lowest BCUT2D eigenvalue weighted by molar-refractivity contribution is 0.152. The summed E-state index contributed by atoms with van der Waals surface area (Å²) in [6.07, 6.45) is 2.20. The summed E-state index contributed by atoms with van der Waals surface area (Å²) in [5.41, 5.74) is 1.09. The van der Waals surface area contributed by atoms with Crippen molar-refractivity contribution in [1.82, 2.24) is 4.90 Å². The minimum atomic E-state index is 0.218. The molecule has 1 saturated heterocycles. The van der Waals surface area contributed by atoms with Gasteiger partial charge in [-0.3, -0.25) is 4.90 Å². The summed E-state index contributed by atoms with van der Waals surface area (Å²) >= 11 is 3.46. The van der Waals surface area contributed by atoms with E-state index in [1.807, 2.05) is 12.1 Å². The topological polar surface area (TPSA) is 41.9 Å². The lowest BCUT2D eigenvalue weighted by Gasteiger charge is -2.24. The number of rotatable bonds is 5. The molecule has 0 saturated carbocycles. The lowest BCUT2D eigenvalue weighted by atomic mass is 10.1. The molecular weight excluding hydrogens is 310 g/mol. The van der Waals surface area contributed by atoms with E-state index in [-0.39, 0.29) is 12.6 Å². The normalized spacial score (nSPS) is 19.7. The average molecular weight is 330 g/mol. The Bertz CT molecular complexity index is 439. The van der Waals surface area contributed by atoms with Gasteiger partial charge >= 0.3 is 0 Å². The fourth-order valence-corrected chi connectivity index (χ4v) is 3.06. The van der Waals surface area contributed by atoms with Crippen LogP contribution in [0.3, 0.4) is 0 Å². The highest BCUT2D eigenvalue weighted by atomic mass is 79.9. The smallest absolute Gasteiger partial charge is 0.133 e. The molecular formula is C14H20BrNO3. The van der Waals surface area contributed by atoms with Gasteiger partial charge in [0, 0.05) is 18.2 Å². The average Bonchev–Trinajstić information content (AvgIpc) is 2.87.